The normalized spacial score (nSPS) is 11.2. The summed E-state index contributed by atoms with van der Waals surface area (Å²) in [4.78, 5) is 2.47. The molecule has 0 bridgehead atoms. The zero-order valence-electron chi connectivity index (χ0n) is 12.6. The molecule has 0 aliphatic heterocycles. The smallest absolute Gasteiger partial charge is 0.261 e. The van der Waals surface area contributed by atoms with Crippen molar-refractivity contribution in [3.8, 4) is 0 Å². The first-order valence-electron chi connectivity index (χ1n) is 7.09. The third-order valence-electron chi connectivity index (χ3n) is 3.37. The molecule has 0 fully saturated rings. The van der Waals surface area contributed by atoms with Crippen LogP contribution in [0.2, 0.25) is 0 Å². The molecule has 0 heterocycles. The van der Waals surface area contributed by atoms with Crippen LogP contribution in [0.15, 0.2) is 53.4 Å². The van der Waals surface area contributed by atoms with Crippen LogP contribution in [0.5, 0.6) is 0 Å². The quantitative estimate of drug-likeness (QED) is 0.707. The Morgan fingerprint density at radius 1 is 0.955 bits per heavy atom. The van der Waals surface area contributed by atoms with E-state index in [1.807, 2.05) is 12.1 Å². The van der Waals surface area contributed by atoms with Crippen molar-refractivity contribution in [2.24, 2.45) is 0 Å². The summed E-state index contributed by atoms with van der Waals surface area (Å²) in [7, 11) is -3.54. The van der Waals surface area contributed by atoms with Gasteiger partial charge in [0.05, 0.1) is 4.90 Å². The van der Waals surface area contributed by atoms with Gasteiger partial charge in [-0.1, -0.05) is 0 Å². The van der Waals surface area contributed by atoms with E-state index in [1.165, 1.54) is 0 Å². The lowest BCUT2D eigenvalue weighted by molar-refractivity contribution is 0.601. The van der Waals surface area contributed by atoms with Crippen molar-refractivity contribution >= 4 is 44.0 Å². The highest BCUT2D eigenvalue weighted by atomic mass is 127. The number of halogens is 1. The van der Waals surface area contributed by atoms with Crippen LogP contribution in [0.4, 0.5) is 11.4 Å². The van der Waals surface area contributed by atoms with Gasteiger partial charge in [-0.3, -0.25) is 4.72 Å². The van der Waals surface area contributed by atoms with Crippen LogP contribution in [-0.2, 0) is 10.0 Å². The molecule has 0 saturated carbocycles. The van der Waals surface area contributed by atoms with E-state index < -0.39 is 10.0 Å². The van der Waals surface area contributed by atoms with Crippen LogP contribution >= 0.6 is 22.6 Å². The number of benzene rings is 2. The molecule has 22 heavy (non-hydrogen) atoms. The third-order valence-corrected chi connectivity index (χ3v) is 5.49. The van der Waals surface area contributed by atoms with Gasteiger partial charge in [-0.2, -0.15) is 0 Å². The van der Waals surface area contributed by atoms with Crippen molar-refractivity contribution < 1.29 is 8.42 Å². The lowest BCUT2D eigenvalue weighted by Gasteiger charge is -2.21. The second kappa shape index (κ2) is 7.32. The number of rotatable bonds is 6. The number of anilines is 2. The maximum Gasteiger partial charge on any atom is 0.261 e. The molecule has 0 atom stereocenters. The molecule has 0 saturated heterocycles. The number of hydrogen-bond acceptors (Lipinski definition) is 3. The minimum absolute atomic E-state index is 0.265. The first-order valence-corrected chi connectivity index (χ1v) is 9.66. The molecule has 2 rings (SSSR count). The summed E-state index contributed by atoms with van der Waals surface area (Å²) in [6.07, 6.45) is 0. The second-order valence-electron chi connectivity index (χ2n) is 4.78. The van der Waals surface area contributed by atoms with Crippen LogP contribution in [0, 0.1) is 3.57 Å². The first-order chi connectivity index (χ1) is 10.5. The molecule has 2 aromatic rings. The molecule has 118 valence electrons. The Hall–Kier alpha value is -1.28. The molecule has 0 radical (unpaired) electrons. The highest BCUT2D eigenvalue weighted by Crippen LogP contribution is 2.21. The van der Waals surface area contributed by atoms with Gasteiger partial charge < -0.3 is 4.90 Å². The summed E-state index contributed by atoms with van der Waals surface area (Å²) >= 11 is 2.15. The summed E-state index contributed by atoms with van der Waals surface area (Å²) in [6, 6.07) is 14.2. The zero-order valence-corrected chi connectivity index (χ0v) is 15.6. The maximum absolute atomic E-state index is 12.3. The maximum atomic E-state index is 12.3. The minimum atomic E-state index is -3.54. The monoisotopic (exact) mass is 430 g/mol. The first kappa shape index (κ1) is 17.1. The fourth-order valence-electron chi connectivity index (χ4n) is 2.16. The van der Waals surface area contributed by atoms with Gasteiger partial charge >= 0.3 is 0 Å². The molecule has 0 aliphatic rings. The van der Waals surface area contributed by atoms with Crippen molar-refractivity contribution in [3.63, 3.8) is 0 Å². The Labute approximate surface area is 145 Å². The average Bonchev–Trinajstić information content (AvgIpc) is 2.50. The van der Waals surface area contributed by atoms with Gasteiger partial charge in [0.1, 0.15) is 0 Å². The Kier molecular flexibility index (Phi) is 5.69. The van der Waals surface area contributed by atoms with Gasteiger partial charge in [-0.25, -0.2) is 8.42 Å². The van der Waals surface area contributed by atoms with Gasteiger partial charge in [0.15, 0.2) is 0 Å². The number of hydrogen-bond donors (Lipinski definition) is 1. The van der Waals surface area contributed by atoms with Crippen molar-refractivity contribution in [1.29, 1.82) is 0 Å². The third kappa shape index (κ3) is 4.13. The number of sulfonamides is 1. The topological polar surface area (TPSA) is 49.4 Å². The van der Waals surface area contributed by atoms with E-state index in [9.17, 15) is 8.42 Å². The van der Waals surface area contributed by atoms with Crippen LogP contribution in [0.25, 0.3) is 0 Å². The molecule has 4 nitrogen and oxygen atoms in total. The van der Waals surface area contributed by atoms with E-state index in [4.69, 9.17) is 0 Å². The predicted molar refractivity (Wildman–Crippen MR) is 100.0 cm³/mol. The van der Waals surface area contributed by atoms with E-state index in [0.29, 0.717) is 5.69 Å². The fourth-order valence-corrected chi connectivity index (χ4v) is 3.58. The average molecular weight is 430 g/mol. The van der Waals surface area contributed by atoms with Crippen LogP contribution < -0.4 is 9.62 Å². The summed E-state index contributed by atoms with van der Waals surface area (Å²) in [5, 5.41) is 0. The second-order valence-corrected chi connectivity index (χ2v) is 7.71. The van der Waals surface area contributed by atoms with E-state index in [1.54, 1.807) is 36.4 Å². The van der Waals surface area contributed by atoms with Crippen molar-refractivity contribution in [2.75, 3.05) is 22.7 Å². The molecule has 0 aliphatic carbocycles. The molecule has 1 N–H and O–H groups in total. The standard InChI is InChI=1S/C16H19IN2O2S/c1-3-19(4-2)15-9-7-14(8-10-15)18-22(20,21)16-11-5-13(17)6-12-16/h5-12,18H,3-4H2,1-2H3. The Bertz CT molecular complexity index is 709. The SMILES string of the molecule is CCN(CC)c1ccc(NS(=O)(=O)c2ccc(I)cc2)cc1. The summed E-state index contributed by atoms with van der Waals surface area (Å²) in [5.74, 6) is 0. The van der Waals surface area contributed by atoms with Crippen molar-refractivity contribution in [1.82, 2.24) is 0 Å². The van der Waals surface area contributed by atoms with Gasteiger partial charge in [-0.05, 0) is 85.0 Å². The summed E-state index contributed by atoms with van der Waals surface area (Å²) in [5.41, 5.74) is 1.65. The lowest BCUT2D eigenvalue weighted by atomic mass is 10.2. The molecule has 6 heteroatoms. The number of nitrogens with zero attached hydrogens (tertiary/aromatic N) is 1. The predicted octanol–water partition coefficient (Wildman–Crippen LogP) is 3.94. The molecule has 0 unspecified atom stereocenters. The Morgan fingerprint density at radius 3 is 2.00 bits per heavy atom. The zero-order chi connectivity index (χ0) is 16.2. The van der Waals surface area contributed by atoms with Gasteiger partial charge in [0, 0.05) is 28.0 Å². The van der Waals surface area contributed by atoms with Gasteiger partial charge in [-0.15, -0.1) is 0 Å². The molecular formula is C16H19IN2O2S. The van der Waals surface area contributed by atoms with Crippen molar-refractivity contribution in [2.45, 2.75) is 18.7 Å². The summed E-state index contributed by atoms with van der Waals surface area (Å²) < 4.78 is 28.2. The minimum Gasteiger partial charge on any atom is -0.372 e. The molecular weight excluding hydrogens is 411 g/mol. The number of nitrogens with one attached hydrogen (secondary N) is 1. The summed E-state index contributed by atoms with van der Waals surface area (Å²) in [6.45, 7) is 6.03. The van der Waals surface area contributed by atoms with E-state index >= 15 is 0 Å². The van der Waals surface area contributed by atoms with Crippen LogP contribution in [-0.4, -0.2) is 21.5 Å². The molecule has 0 spiro atoms. The van der Waals surface area contributed by atoms with Gasteiger partial charge in [0.25, 0.3) is 10.0 Å². The van der Waals surface area contributed by atoms with Gasteiger partial charge in [0.2, 0.25) is 0 Å². The molecule has 2 aromatic carbocycles. The van der Waals surface area contributed by atoms with Crippen LogP contribution in [0.1, 0.15) is 13.8 Å². The van der Waals surface area contributed by atoms with Crippen LogP contribution in [0.3, 0.4) is 0 Å². The Morgan fingerprint density at radius 2 is 1.50 bits per heavy atom. The van der Waals surface area contributed by atoms with E-state index in [0.717, 1.165) is 22.3 Å². The Balaban J connectivity index is 2.18. The molecule has 0 amide bonds. The van der Waals surface area contributed by atoms with Crippen molar-refractivity contribution in [3.05, 3.63) is 52.1 Å². The highest BCUT2D eigenvalue weighted by molar-refractivity contribution is 14.1. The van der Waals surface area contributed by atoms with E-state index in [-0.39, 0.29) is 4.90 Å². The largest absolute Gasteiger partial charge is 0.372 e. The molecule has 0 aromatic heterocycles. The highest BCUT2D eigenvalue weighted by Gasteiger charge is 2.14. The lowest BCUT2D eigenvalue weighted by Crippen LogP contribution is -2.21. The fraction of sp³-hybridized carbons (Fsp3) is 0.250. The van der Waals surface area contributed by atoms with E-state index in [2.05, 4.69) is 46.1 Å².